The number of benzene rings is 1. The zero-order valence-corrected chi connectivity index (χ0v) is 11.8. The Morgan fingerprint density at radius 2 is 2.00 bits per heavy atom. The monoisotopic (exact) mass is 291 g/mol. The Morgan fingerprint density at radius 1 is 1.25 bits per heavy atom. The summed E-state index contributed by atoms with van der Waals surface area (Å²) in [6.07, 6.45) is 2.93. The van der Waals surface area contributed by atoms with Crippen LogP contribution in [0.25, 0.3) is 16.9 Å². The second kappa shape index (κ2) is 4.07. The lowest BCUT2D eigenvalue weighted by atomic mass is 10.3. The van der Waals surface area contributed by atoms with Crippen LogP contribution in [-0.4, -0.2) is 34.0 Å². The van der Waals surface area contributed by atoms with Crippen molar-refractivity contribution in [2.75, 3.05) is 12.0 Å². The van der Waals surface area contributed by atoms with Crippen LogP contribution in [0.2, 0.25) is 0 Å². The van der Waals surface area contributed by atoms with Crippen molar-refractivity contribution >= 4 is 26.8 Å². The Balaban J connectivity index is 2.39. The van der Waals surface area contributed by atoms with Gasteiger partial charge < -0.3 is 5.73 Å². The van der Waals surface area contributed by atoms with Gasteiger partial charge in [0.05, 0.1) is 10.4 Å². The van der Waals surface area contributed by atoms with Gasteiger partial charge >= 0.3 is 0 Å². The van der Waals surface area contributed by atoms with E-state index in [4.69, 9.17) is 5.73 Å². The second-order valence-electron chi connectivity index (χ2n) is 4.55. The molecular weight excluding hydrogens is 278 g/mol. The molecule has 2 N–H and O–H groups in total. The first kappa shape index (κ1) is 12.7. The first-order valence-electron chi connectivity index (χ1n) is 5.85. The first-order valence-corrected chi connectivity index (χ1v) is 7.74. The van der Waals surface area contributed by atoms with Crippen molar-refractivity contribution in [3.63, 3.8) is 0 Å². The molecule has 2 aromatic heterocycles. The number of imidazole rings is 1. The second-order valence-corrected chi connectivity index (χ2v) is 6.53. The van der Waals surface area contributed by atoms with E-state index in [1.807, 2.05) is 0 Å². The summed E-state index contributed by atoms with van der Waals surface area (Å²) < 4.78 is 26.9. The van der Waals surface area contributed by atoms with Crippen LogP contribution >= 0.6 is 0 Å². The highest BCUT2D eigenvalue weighted by molar-refractivity contribution is 7.91. The van der Waals surface area contributed by atoms with E-state index in [1.165, 1.54) is 6.07 Å². The molecule has 0 aliphatic rings. The molecule has 104 valence electrons. The Bertz CT molecular complexity index is 907. The van der Waals surface area contributed by atoms with E-state index >= 15 is 0 Å². The molecule has 0 unspecified atom stereocenters. The molecule has 0 fully saturated rings. The van der Waals surface area contributed by atoms with Crippen LogP contribution in [0.5, 0.6) is 0 Å². The van der Waals surface area contributed by atoms with Crippen LogP contribution < -0.4 is 5.73 Å². The van der Waals surface area contributed by atoms with Crippen molar-refractivity contribution in [3.8, 4) is 5.82 Å². The summed E-state index contributed by atoms with van der Waals surface area (Å²) in [6, 6.07) is 6.73. The van der Waals surface area contributed by atoms with E-state index in [0.29, 0.717) is 16.9 Å². The number of rotatable bonds is 2. The fraction of sp³-hybridized carbons (Fsp3) is 0.167. The zero-order chi connectivity index (χ0) is 14.5. The van der Waals surface area contributed by atoms with Crippen molar-refractivity contribution < 1.29 is 8.42 Å². The maximum Gasteiger partial charge on any atom is 0.207 e. The average molecular weight is 291 g/mol. The molecule has 0 atom stereocenters. The van der Waals surface area contributed by atoms with Crippen LogP contribution in [-0.2, 0) is 16.9 Å². The van der Waals surface area contributed by atoms with E-state index in [-0.39, 0.29) is 10.8 Å². The lowest BCUT2D eigenvalue weighted by molar-refractivity contribution is 0.602. The third-order valence-electron chi connectivity index (χ3n) is 3.00. The quantitative estimate of drug-likeness (QED) is 0.751. The van der Waals surface area contributed by atoms with Gasteiger partial charge in [-0.3, -0.25) is 9.25 Å². The molecular formula is C12H13N5O2S. The number of anilines is 1. The van der Waals surface area contributed by atoms with Crippen molar-refractivity contribution in [2.24, 2.45) is 7.05 Å². The van der Waals surface area contributed by atoms with Gasteiger partial charge in [-0.25, -0.2) is 13.4 Å². The average Bonchev–Trinajstić information content (AvgIpc) is 2.89. The van der Waals surface area contributed by atoms with Crippen LogP contribution in [0.1, 0.15) is 0 Å². The number of aryl methyl sites for hydroxylation is 1. The van der Waals surface area contributed by atoms with Gasteiger partial charge in [0.15, 0.2) is 15.7 Å². The highest BCUT2D eigenvalue weighted by atomic mass is 32.2. The predicted molar refractivity (Wildman–Crippen MR) is 75.4 cm³/mol. The predicted octanol–water partition coefficient (Wildman–Crippen LogP) is 0.745. The molecule has 3 rings (SSSR count). The Labute approximate surface area is 115 Å². The Hall–Kier alpha value is -2.35. The molecule has 0 aliphatic carbocycles. The van der Waals surface area contributed by atoms with Gasteiger partial charge in [0, 0.05) is 25.6 Å². The summed E-state index contributed by atoms with van der Waals surface area (Å²) >= 11 is 0. The van der Waals surface area contributed by atoms with Crippen molar-refractivity contribution in [1.29, 1.82) is 0 Å². The summed E-state index contributed by atoms with van der Waals surface area (Å²) in [6.45, 7) is 0. The number of nitrogen functional groups attached to an aromatic ring is 1. The summed E-state index contributed by atoms with van der Waals surface area (Å²) in [5, 5.41) is 4.27. The number of fused-ring (bicyclic) bond motifs is 1. The fourth-order valence-corrected chi connectivity index (χ4v) is 2.98. The lowest BCUT2D eigenvalue weighted by Crippen LogP contribution is -2.02. The van der Waals surface area contributed by atoms with Crippen LogP contribution in [0.3, 0.4) is 0 Å². The Morgan fingerprint density at radius 3 is 2.60 bits per heavy atom. The summed E-state index contributed by atoms with van der Waals surface area (Å²) in [5.41, 5.74) is 6.89. The van der Waals surface area contributed by atoms with Crippen molar-refractivity contribution in [3.05, 3.63) is 30.5 Å². The largest absolute Gasteiger partial charge is 0.369 e. The SMILES string of the molecule is Cn1ccc(-n2c(N)nc3c(S(C)(=O)=O)cccc32)n1. The number of aromatic nitrogens is 4. The third-order valence-corrected chi connectivity index (χ3v) is 4.13. The summed E-state index contributed by atoms with van der Waals surface area (Å²) in [4.78, 5) is 4.34. The van der Waals surface area contributed by atoms with Gasteiger partial charge in [0.2, 0.25) is 5.95 Å². The number of para-hydroxylation sites is 1. The van der Waals surface area contributed by atoms with Gasteiger partial charge in [0.1, 0.15) is 5.52 Å². The maximum absolute atomic E-state index is 11.8. The molecule has 2 heterocycles. The van der Waals surface area contributed by atoms with Crippen LogP contribution in [0, 0.1) is 0 Å². The number of hydrogen-bond donors (Lipinski definition) is 1. The number of sulfone groups is 1. The number of nitrogens with zero attached hydrogens (tertiary/aromatic N) is 4. The first-order chi connectivity index (χ1) is 9.38. The molecule has 0 saturated carbocycles. The third kappa shape index (κ3) is 1.85. The number of hydrogen-bond acceptors (Lipinski definition) is 5. The van der Waals surface area contributed by atoms with E-state index in [0.717, 1.165) is 6.26 Å². The summed E-state index contributed by atoms with van der Waals surface area (Å²) in [7, 11) is -1.57. The zero-order valence-electron chi connectivity index (χ0n) is 11.0. The molecule has 20 heavy (non-hydrogen) atoms. The minimum atomic E-state index is -3.37. The van der Waals surface area contributed by atoms with Gasteiger partial charge in [-0.05, 0) is 12.1 Å². The smallest absolute Gasteiger partial charge is 0.207 e. The summed E-state index contributed by atoms with van der Waals surface area (Å²) in [5.74, 6) is 0.799. The molecule has 1 aromatic carbocycles. The van der Waals surface area contributed by atoms with E-state index in [2.05, 4.69) is 10.1 Å². The minimum Gasteiger partial charge on any atom is -0.369 e. The number of nitrogens with two attached hydrogens (primary N) is 1. The Kier molecular flexibility index (Phi) is 2.58. The van der Waals surface area contributed by atoms with E-state index in [1.54, 1.807) is 40.7 Å². The van der Waals surface area contributed by atoms with E-state index in [9.17, 15) is 8.42 Å². The van der Waals surface area contributed by atoms with Crippen LogP contribution in [0.15, 0.2) is 35.4 Å². The van der Waals surface area contributed by atoms with Gasteiger partial charge in [-0.2, -0.15) is 5.10 Å². The fourth-order valence-electron chi connectivity index (χ4n) is 2.15. The molecule has 0 spiro atoms. The molecule has 8 heteroatoms. The lowest BCUT2D eigenvalue weighted by Gasteiger charge is -2.03. The minimum absolute atomic E-state index is 0.163. The highest BCUT2D eigenvalue weighted by Crippen LogP contribution is 2.27. The topological polar surface area (TPSA) is 95.8 Å². The normalized spacial score (nSPS) is 12.1. The van der Waals surface area contributed by atoms with Crippen LogP contribution in [0.4, 0.5) is 5.95 Å². The molecule has 7 nitrogen and oxygen atoms in total. The maximum atomic E-state index is 11.8. The molecule has 0 radical (unpaired) electrons. The van der Waals surface area contributed by atoms with Crippen molar-refractivity contribution in [1.82, 2.24) is 19.3 Å². The molecule has 3 aromatic rings. The highest BCUT2D eigenvalue weighted by Gasteiger charge is 2.19. The standard InChI is InChI=1S/C12H13N5O2S/c1-16-7-6-10(15-16)17-8-4-3-5-9(20(2,18)19)11(8)14-12(17)13/h3-7H,1-2H3,(H2,13,14). The molecule has 0 amide bonds. The molecule has 0 saturated heterocycles. The van der Waals surface area contributed by atoms with E-state index < -0.39 is 9.84 Å². The van der Waals surface area contributed by atoms with Gasteiger partial charge in [-0.1, -0.05) is 6.07 Å². The van der Waals surface area contributed by atoms with Crippen molar-refractivity contribution in [2.45, 2.75) is 4.90 Å². The molecule has 0 bridgehead atoms. The van der Waals surface area contributed by atoms with Gasteiger partial charge in [0.25, 0.3) is 0 Å². The van der Waals surface area contributed by atoms with Gasteiger partial charge in [-0.15, -0.1) is 0 Å². The molecule has 0 aliphatic heterocycles.